The molecule has 4 rings (SSSR count). The summed E-state index contributed by atoms with van der Waals surface area (Å²) in [5, 5.41) is 0. The summed E-state index contributed by atoms with van der Waals surface area (Å²) in [6.07, 6.45) is 12.3. The quantitative estimate of drug-likeness (QED) is 0.560. The minimum Gasteiger partial charge on any atom is -0.726 e. The molecular weight excluding hydrogens is 362 g/mol. The molecule has 0 spiro atoms. The number of fused-ring (bicyclic) bond motifs is 3. The van der Waals surface area contributed by atoms with Gasteiger partial charge < -0.3 is 4.55 Å². The summed E-state index contributed by atoms with van der Waals surface area (Å²) in [6, 6.07) is 5.86. The van der Waals surface area contributed by atoms with Crippen molar-refractivity contribution in [2.24, 2.45) is 29.1 Å². The maximum absolute atomic E-state index is 10.8. The normalized spacial score (nSPS) is 38.7. The molecule has 27 heavy (non-hydrogen) atoms. The predicted octanol–water partition coefficient (Wildman–Crippen LogP) is 3.99. The molecule has 0 radical (unpaired) electrons. The van der Waals surface area contributed by atoms with E-state index in [0.29, 0.717) is 17.8 Å². The molecular formula is C21H33NO4S. The van der Waals surface area contributed by atoms with E-state index >= 15 is 0 Å². The van der Waals surface area contributed by atoms with Gasteiger partial charge in [0.2, 0.25) is 10.4 Å². The Hall–Kier alpha value is -0.980. The van der Waals surface area contributed by atoms with Gasteiger partial charge in [0.05, 0.1) is 6.10 Å². The van der Waals surface area contributed by atoms with Crippen molar-refractivity contribution < 1.29 is 22.1 Å². The third kappa shape index (κ3) is 5.30. The Labute approximate surface area is 163 Å². The second-order valence-corrected chi connectivity index (χ2v) is 10.1. The Morgan fingerprint density at radius 1 is 1.04 bits per heavy atom. The molecule has 1 aromatic rings. The van der Waals surface area contributed by atoms with Crippen LogP contribution < -0.4 is 4.98 Å². The fraction of sp³-hybridized carbons (Fsp3) is 0.762. The van der Waals surface area contributed by atoms with Crippen molar-refractivity contribution in [2.45, 2.75) is 71.3 Å². The lowest BCUT2D eigenvalue weighted by Gasteiger charge is -2.57. The maximum atomic E-state index is 10.8. The maximum Gasteiger partial charge on any atom is 0.217 e. The van der Waals surface area contributed by atoms with Gasteiger partial charge in [-0.15, -0.1) is 0 Å². The summed E-state index contributed by atoms with van der Waals surface area (Å²) in [5.74, 6) is 3.03. The molecule has 6 heteroatoms. The van der Waals surface area contributed by atoms with E-state index in [1.165, 1.54) is 32.1 Å². The Bertz CT molecular complexity index is 669. The highest BCUT2D eigenvalue weighted by atomic mass is 32.3. The highest BCUT2D eigenvalue weighted by molar-refractivity contribution is 7.80. The zero-order valence-corrected chi connectivity index (χ0v) is 17.3. The molecule has 0 unspecified atom stereocenters. The van der Waals surface area contributed by atoms with Crippen LogP contribution in [0.1, 0.15) is 65.2 Å². The second kappa shape index (κ2) is 8.58. The molecule has 3 aliphatic carbocycles. The van der Waals surface area contributed by atoms with Gasteiger partial charge in [0.25, 0.3) is 0 Å². The Morgan fingerprint density at radius 2 is 1.78 bits per heavy atom. The summed E-state index contributed by atoms with van der Waals surface area (Å²) in [6.45, 7) is 4.78. The van der Waals surface area contributed by atoms with Crippen molar-refractivity contribution >= 4 is 10.4 Å². The van der Waals surface area contributed by atoms with Gasteiger partial charge >= 0.3 is 0 Å². The zero-order chi connectivity index (χ0) is 19.5. The van der Waals surface area contributed by atoms with Crippen molar-refractivity contribution in [3.63, 3.8) is 0 Å². The second-order valence-electron chi connectivity index (χ2n) is 9.04. The first-order valence-electron chi connectivity index (χ1n) is 10.3. The fourth-order valence-corrected chi connectivity index (χ4v) is 6.52. The predicted molar refractivity (Wildman–Crippen MR) is 102 cm³/mol. The van der Waals surface area contributed by atoms with E-state index in [1.54, 1.807) is 0 Å². The number of hydrogen-bond donors (Lipinski definition) is 0. The van der Waals surface area contributed by atoms with E-state index in [4.69, 9.17) is 4.18 Å². The first kappa shape index (κ1) is 20.7. The highest BCUT2D eigenvalue weighted by Gasteiger charge is 2.51. The topological polar surface area (TPSA) is 80.6 Å². The van der Waals surface area contributed by atoms with Crippen LogP contribution in [0.25, 0.3) is 0 Å². The smallest absolute Gasteiger partial charge is 0.217 e. The summed E-state index contributed by atoms with van der Waals surface area (Å²) < 4.78 is 37.2. The lowest BCUT2D eigenvalue weighted by atomic mass is 9.49. The number of nitrogens with one attached hydrogen (secondary N) is 1. The zero-order valence-electron chi connectivity index (χ0n) is 16.5. The first-order valence-corrected chi connectivity index (χ1v) is 11.7. The van der Waals surface area contributed by atoms with E-state index < -0.39 is 10.4 Å². The van der Waals surface area contributed by atoms with Gasteiger partial charge in [-0.2, -0.15) is 0 Å². The third-order valence-electron chi connectivity index (χ3n) is 7.32. The number of rotatable bonds is 2. The molecule has 3 saturated carbocycles. The fourth-order valence-electron chi connectivity index (χ4n) is 6.01. The van der Waals surface area contributed by atoms with Gasteiger partial charge in [-0.25, -0.2) is 13.4 Å². The van der Waals surface area contributed by atoms with Gasteiger partial charge in [0, 0.05) is 12.1 Å². The van der Waals surface area contributed by atoms with Crippen molar-refractivity contribution in [1.29, 1.82) is 0 Å². The number of hydrogen-bond acceptors (Lipinski definition) is 4. The van der Waals surface area contributed by atoms with Crippen molar-refractivity contribution in [2.75, 3.05) is 0 Å². The minimum absolute atomic E-state index is 0.329. The van der Waals surface area contributed by atoms with E-state index in [9.17, 15) is 13.0 Å². The van der Waals surface area contributed by atoms with Crippen LogP contribution in [-0.2, 0) is 14.6 Å². The molecule has 1 aromatic heterocycles. The van der Waals surface area contributed by atoms with E-state index in [1.807, 2.05) is 30.6 Å². The molecule has 5 nitrogen and oxygen atoms in total. The summed E-state index contributed by atoms with van der Waals surface area (Å²) >= 11 is 0. The highest BCUT2D eigenvalue weighted by Crippen LogP contribution is 2.59. The van der Waals surface area contributed by atoms with Crippen LogP contribution in [0, 0.1) is 29.1 Å². The average Bonchev–Trinajstić information content (AvgIpc) is 2.63. The molecule has 0 bridgehead atoms. The summed E-state index contributed by atoms with van der Waals surface area (Å²) in [5.41, 5.74) is 0.329. The summed E-state index contributed by atoms with van der Waals surface area (Å²) in [4.78, 5) is 2.89. The first-order chi connectivity index (χ1) is 12.8. The third-order valence-corrected chi connectivity index (χ3v) is 7.83. The van der Waals surface area contributed by atoms with Crippen LogP contribution in [0.5, 0.6) is 0 Å². The molecule has 1 heterocycles. The van der Waals surface area contributed by atoms with Crippen LogP contribution in [0.4, 0.5) is 0 Å². The number of pyridine rings is 1. The van der Waals surface area contributed by atoms with E-state index in [-0.39, 0.29) is 6.10 Å². The molecule has 0 aliphatic heterocycles. The molecule has 6 atom stereocenters. The van der Waals surface area contributed by atoms with Crippen molar-refractivity contribution in [3.8, 4) is 0 Å². The van der Waals surface area contributed by atoms with Gasteiger partial charge in [-0.05, 0) is 74.0 Å². The van der Waals surface area contributed by atoms with Gasteiger partial charge in [-0.1, -0.05) is 26.3 Å². The standard InChI is InChI=1S/C16H28O4S.C5H5N/c1-11-3-6-15-12(9-11)4-5-13-10-14(20-21(17,18)19)7-8-16(13,15)2;1-2-4-6-5-3-1/h11-15H,3-10H2,1-2H3,(H,17,18,19);1-5H/t11-,12+,13-,14-,15+,16+;/m1./s1. The molecule has 0 amide bonds. The van der Waals surface area contributed by atoms with E-state index in [2.05, 4.69) is 18.8 Å². The largest absolute Gasteiger partial charge is 0.726 e. The Balaban J connectivity index is 0.000000299. The number of aromatic amines is 1. The molecule has 0 aromatic carbocycles. The van der Waals surface area contributed by atoms with Crippen molar-refractivity contribution in [1.82, 2.24) is 0 Å². The molecule has 0 saturated heterocycles. The summed E-state index contributed by atoms with van der Waals surface area (Å²) in [7, 11) is -4.56. The van der Waals surface area contributed by atoms with Gasteiger partial charge in [-0.3, -0.25) is 4.18 Å². The van der Waals surface area contributed by atoms with Gasteiger partial charge in [0.15, 0.2) is 12.4 Å². The Kier molecular flexibility index (Phi) is 6.59. The Morgan fingerprint density at radius 3 is 2.37 bits per heavy atom. The average molecular weight is 396 g/mol. The van der Waals surface area contributed by atoms with Crippen LogP contribution in [-0.4, -0.2) is 19.1 Å². The van der Waals surface area contributed by atoms with Gasteiger partial charge in [0.1, 0.15) is 0 Å². The lowest BCUT2D eigenvalue weighted by molar-refractivity contribution is -0.377. The van der Waals surface area contributed by atoms with Crippen molar-refractivity contribution in [3.05, 3.63) is 30.6 Å². The van der Waals surface area contributed by atoms with E-state index in [0.717, 1.165) is 30.6 Å². The molecule has 1 N–H and O–H groups in total. The van der Waals surface area contributed by atoms with Crippen LogP contribution >= 0.6 is 0 Å². The molecule has 152 valence electrons. The minimum atomic E-state index is -4.56. The molecule has 3 fully saturated rings. The number of aromatic nitrogens is 1. The van der Waals surface area contributed by atoms with Crippen LogP contribution in [0.15, 0.2) is 30.6 Å². The monoisotopic (exact) mass is 395 g/mol. The van der Waals surface area contributed by atoms with Crippen LogP contribution in [0.2, 0.25) is 0 Å². The SMILES string of the molecule is C[C@@H]1CC[C@H]2[C@@H](CC[C@@H]3C[C@H](OS(=O)(=O)[O-])CC[C@@]32C)C1.c1cc[nH+]cc1. The van der Waals surface area contributed by atoms with Crippen LogP contribution in [0.3, 0.4) is 0 Å². The molecule has 3 aliphatic rings. The lowest BCUT2D eigenvalue weighted by Crippen LogP contribution is -2.49. The number of H-pyrrole nitrogens is 1.